The van der Waals surface area contributed by atoms with Gasteiger partial charge in [0.2, 0.25) is 5.75 Å². The number of carboxylic acid groups (broad SMARTS) is 1. The summed E-state index contributed by atoms with van der Waals surface area (Å²) >= 11 is 0. The molecule has 1 atom stereocenters. The second-order valence-corrected chi connectivity index (χ2v) is 3.45. The first-order chi connectivity index (χ1) is 8.84. The molecular formula is C10H18ClN3O6. The first-order valence-corrected chi connectivity index (χ1v) is 5.10. The van der Waals surface area contributed by atoms with Crippen LogP contribution in [0.2, 0.25) is 0 Å². The fourth-order valence-electron chi connectivity index (χ4n) is 0.941. The first kappa shape index (κ1) is 20.5. The van der Waals surface area contributed by atoms with Crippen LogP contribution in [-0.2, 0) is 11.3 Å². The summed E-state index contributed by atoms with van der Waals surface area (Å²) in [5, 5.41) is 43.1. The minimum absolute atomic E-state index is 0. The van der Waals surface area contributed by atoms with Gasteiger partial charge in [0.05, 0.1) is 6.61 Å². The van der Waals surface area contributed by atoms with E-state index in [1.54, 1.807) is 0 Å². The van der Waals surface area contributed by atoms with Crippen molar-refractivity contribution < 1.29 is 30.3 Å². The third-order valence-electron chi connectivity index (χ3n) is 2.02. The lowest BCUT2D eigenvalue weighted by molar-refractivity contribution is -0.139. The molecule has 10 N–H and O–H groups in total. The van der Waals surface area contributed by atoms with Gasteiger partial charge in [-0.1, -0.05) is 6.07 Å². The van der Waals surface area contributed by atoms with Gasteiger partial charge in [-0.15, -0.1) is 12.4 Å². The van der Waals surface area contributed by atoms with Gasteiger partial charge in [-0.05, 0) is 6.07 Å². The molecule has 1 rings (SSSR count). The van der Waals surface area contributed by atoms with Gasteiger partial charge in [0, 0.05) is 12.1 Å². The molecule has 0 amide bonds. The number of nitrogens with two attached hydrogens (primary N) is 2. The maximum Gasteiger partial charge on any atom is 0.322 e. The second kappa shape index (κ2) is 10.1. The number of phenols is 3. The molecule has 1 unspecified atom stereocenters. The van der Waals surface area contributed by atoms with Crippen molar-refractivity contribution in [1.29, 1.82) is 0 Å². The normalized spacial score (nSPS) is 10.8. The summed E-state index contributed by atoms with van der Waals surface area (Å²) in [5.74, 6) is 2.60. The molecule has 0 aliphatic heterocycles. The number of halogens is 1. The van der Waals surface area contributed by atoms with Crippen molar-refractivity contribution in [3.63, 3.8) is 0 Å². The number of phenolic OH excluding ortho intramolecular Hbond substituents is 3. The van der Waals surface area contributed by atoms with Crippen LogP contribution in [0.15, 0.2) is 12.1 Å². The standard InChI is InChI=1S/C7H10N2O3.C3H7NO3.ClH/c8-9-3-4-1-2-5(10)7(12)6(4)11;4-2(1-5)3(6)7;/h1-2,9-12H,3,8H2;2,5H,1,4H2,(H,6,7);1H. The average Bonchev–Trinajstić information content (AvgIpc) is 2.39. The molecule has 0 spiro atoms. The SMILES string of the molecule is Cl.NC(CO)C(=O)O.NNCc1ccc(O)c(O)c1O. The zero-order valence-electron chi connectivity index (χ0n) is 10.4. The Labute approximate surface area is 120 Å². The van der Waals surface area contributed by atoms with Gasteiger partial charge in [0.25, 0.3) is 0 Å². The number of nitrogens with one attached hydrogen (secondary N) is 1. The van der Waals surface area contributed by atoms with Crippen molar-refractivity contribution in [2.24, 2.45) is 11.6 Å². The third-order valence-corrected chi connectivity index (χ3v) is 2.02. The highest BCUT2D eigenvalue weighted by molar-refractivity contribution is 5.85. The Morgan fingerprint density at radius 1 is 1.25 bits per heavy atom. The van der Waals surface area contributed by atoms with E-state index in [1.165, 1.54) is 12.1 Å². The summed E-state index contributed by atoms with van der Waals surface area (Å²) in [5.41, 5.74) is 7.51. The molecule has 0 heterocycles. The van der Waals surface area contributed by atoms with Crippen LogP contribution in [0, 0.1) is 0 Å². The molecule has 9 nitrogen and oxygen atoms in total. The van der Waals surface area contributed by atoms with E-state index in [-0.39, 0.29) is 30.5 Å². The molecule has 0 aliphatic carbocycles. The Kier molecular flexibility index (Phi) is 10.3. The number of hydrogen-bond donors (Lipinski definition) is 8. The van der Waals surface area contributed by atoms with E-state index in [4.69, 9.17) is 32.0 Å². The van der Waals surface area contributed by atoms with Gasteiger partial charge in [0.1, 0.15) is 6.04 Å². The molecule has 0 aromatic heterocycles. The zero-order valence-corrected chi connectivity index (χ0v) is 11.2. The van der Waals surface area contributed by atoms with E-state index in [1.807, 2.05) is 0 Å². The lowest BCUT2D eigenvalue weighted by atomic mass is 10.2. The predicted octanol–water partition coefficient (Wildman–Crippen LogP) is -1.42. The topological polar surface area (TPSA) is 182 Å². The quantitative estimate of drug-likeness (QED) is 0.188. The fraction of sp³-hybridized carbons (Fsp3) is 0.300. The van der Waals surface area contributed by atoms with Crippen LogP contribution < -0.4 is 17.0 Å². The molecule has 0 fully saturated rings. The molecule has 116 valence electrons. The van der Waals surface area contributed by atoms with Crippen LogP contribution in [0.4, 0.5) is 0 Å². The van der Waals surface area contributed by atoms with Crippen molar-refractivity contribution in [3.05, 3.63) is 17.7 Å². The van der Waals surface area contributed by atoms with Crippen LogP contribution in [-0.4, -0.2) is 44.2 Å². The summed E-state index contributed by atoms with van der Waals surface area (Å²) in [6.45, 7) is -0.283. The van der Waals surface area contributed by atoms with Crippen molar-refractivity contribution in [2.75, 3.05) is 6.61 Å². The molecule has 1 aromatic rings. The molecule has 0 aliphatic rings. The molecular weight excluding hydrogens is 294 g/mol. The van der Waals surface area contributed by atoms with E-state index in [9.17, 15) is 9.90 Å². The number of carbonyl (C=O) groups is 1. The Hall–Kier alpha value is -1.78. The molecule has 1 aromatic carbocycles. The van der Waals surface area contributed by atoms with Crippen LogP contribution >= 0.6 is 12.4 Å². The van der Waals surface area contributed by atoms with Crippen molar-refractivity contribution >= 4 is 18.4 Å². The molecule has 20 heavy (non-hydrogen) atoms. The van der Waals surface area contributed by atoms with Crippen LogP contribution in [0.25, 0.3) is 0 Å². The van der Waals surface area contributed by atoms with Crippen LogP contribution in [0.5, 0.6) is 17.2 Å². The summed E-state index contributed by atoms with van der Waals surface area (Å²) in [7, 11) is 0. The lowest BCUT2D eigenvalue weighted by Gasteiger charge is -2.05. The molecule has 10 heteroatoms. The highest BCUT2D eigenvalue weighted by Gasteiger charge is 2.09. The monoisotopic (exact) mass is 311 g/mol. The summed E-state index contributed by atoms with van der Waals surface area (Å²) in [6, 6.07) is 1.62. The maximum absolute atomic E-state index is 9.65. The number of rotatable bonds is 4. The number of aliphatic carboxylic acids is 1. The van der Waals surface area contributed by atoms with E-state index < -0.39 is 24.4 Å². The van der Waals surface area contributed by atoms with E-state index in [0.29, 0.717) is 5.56 Å². The van der Waals surface area contributed by atoms with Gasteiger partial charge >= 0.3 is 5.97 Å². The molecule has 0 radical (unpaired) electrons. The fourth-order valence-corrected chi connectivity index (χ4v) is 0.941. The van der Waals surface area contributed by atoms with Crippen molar-refractivity contribution in [3.8, 4) is 17.2 Å². The summed E-state index contributed by atoms with van der Waals surface area (Å²) in [4.78, 5) is 9.65. The van der Waals surface area contributed by atoms with E-state index in [0.717, 1.165) is 0 Å². The van der Waals surface area contributed by atoms with Gasteiger partial charge in [-0.2, -0.15) is 0 Å². The zero-order chi connectivity index (χ0) is 15.0. The van der Waals surface area contributed by atoms with Gasteiger partial charge in [-0.3, -0.25) is 16.1 Å². The summed E-state index contributed by atoms with van der Waals surface area (Å²) in [6.07, 6.45) is 0. The number of aliphatic hydroxyl groups is 1. The molecule has 0 saturated heterocycles. The Balaban J connectivity index is 0. The molecule has 0 bridgehead atoms. The highest BCUT2D eigenvalue weighted by Crippen LogP contribution is 2.36. The van der Waals surface area contributed by atoms with Gasteiger partial charge < -0.3 is 31.3 Å². The largest absolute Gasteiger partial charge is 0.504 e. The van der Waals surface area contributed by atoms with Gasteiger partial charge in [-0.25, -0.2) is 0 Å². The van der Waals surface area contributed by atoms with Gasteiger partial charge in [0.15, 0.2) is 11.5 Å². The minimum atomic E-state index is -1.18. The summed E-state index contributed by atoms with van der Waals surface area (Å²) < 4.78 is 0. The van der Waals surface area contributed by atoms with Crippen LogP contribution in [0.1, 0.15) is 5.56 Å². The van der Waals surface area contributed by atoms with E-state index >= 15 is 0 Å². The smallest absolute Gasteiger partial charge is 0.322 e. The number of benzene rings is 1. The van der Waals surface area contributed by atoms with Crippen molar-refractivity contribution in [1.82, 2.24) is 5.43 Å². The Morgan fingerprint density at radius 3 is 2.15 bits per heavy atom. The average molecular weight is 312 g/mol. The first-order valence-electron chi connectivity index (χ1n) is 5.10. The third kappa shape index (κ3) is 6.41. The lowest BCUT2D eigenvalue weighted by Crippen LogP contribution is -2.33. The second-order valence-electron chi connectivity index (χ2n) is 3.45. The Morgan fingerprint density at radius 2 is 1.80 bits per heavy atom. The number of aromatic hydroxyl groups is 3. The number of hydrogen-bond acceptors (Lipinski definition) is 8. The molecule has 0 saturated carbocycles. The number of aliphatic hydroxyl groups excluding tert-OH is 1. The predicted molar refractivity (Wildman–Crippen MR) is 72.4 cm³/mol. The van der Waals surface area contributed by atoms with Crippen molar-refractivity contribution in [2.45, 2.75) is 12.6 Å². The van der Waals surface area contributed by atoms with Crippen LogP contribution in [0.3, 0.4) is 0 Å². The number of hydrazine groups is 1. The van der Waals surface area contributed by atoms with E-state index in [2.05, 4.69) is 5.43 Å². The number of carboxylic acids is 1. The highest BCUT2D eigenvalue weighted by atomic mass is 35.5. The maximum atomic E-state index is 9.65. The Bertz CT molecular complexity index is 432. The minimum Gasteiger partial charge on any atom is -0.504 e.